The predicted octanol–water partition coefficient (Wildman–Crippen LogP) is 2.90. The molecule has 0 spiro atoms. The first-order chi connectivity index (χ1) is 10.7. The van der Waals surface area contributed by atoms with Gasteiger partial charge in [0, 0.05) is 5.02 Å². The standard InChI is InChI=1S/C17H20ClN3O/c18-14-7-5-12(6-8-14)15(11-19)20-17(22)16(13-3-4-13)21-9-1-2-10-21/h5-8,13,15-16H,1-4,9-10H2,(H,20,22). The number of hydrogen-bond acceptors (Lipinski definition) is 3. The SMILES string of the molecule is N#CC(NC(=O)C(C1CC1)N1CCCC1)c1ccc(Cl)cc1. The molecule has 1 aliphatic carbocycles. The van der Waals surface area contributed by atoms with Crippen LogP contribution in [-0.4, -0.2) is 29.9 Å². The van der Waals surface area contributed by atoms with Crippen molar-refractivity contribution in [1.29, 1.82) is 5.26 Å². The predicted molar refractivity (Wildman–Crippen MR) is 85.3 cm³/mol. The maximum Gasteiger partial charge on any atom is 0.238 e. The average Bonchev–Trinajstić information content (AvgIpc) is 3.20. The molecule has 1 N–H and O–H groups in total. The average molecular weight is 318 g/mol. The highest BCUT2D eigenvalue weighted by Crippen LogP contribution is 2.37. The van der Waals surface area contributed by atoms with Crippen LogP contribution in [-0.2, 0) is 4.79 Å². The Morgan fingerprint density at radius 3 is 2.45 bits per heavy atom. The first-order valence-corrected chi connectivity index (χ1v) is 8.26. The number of nitrogens with zero attached hydrogens (tertiary/aromatic N) is 2. The second kappa shape index (κ2) is 6.68. The van der Waals surface area contributed by atoms with Gasteiger partial charge in [0.25, 0.3) is 0 Å². The highest BCUT2D eigenvalue weighted by atomic mass is 35.5. The summed E-state index contributed by atoms with van der Waals surface area (Å²) in [5, 5.41) is 12.9. The number of halogens is 1. The molecule has 1 saturated heterocycles. The van der Waals surface area contributed by atoms with Crippen LogP contribution >= 0.6 is 11.6 Å². The first kappa shape index (κ1) is 15.3. The van der Waals surface area contributed by atoms with Gasteiger partial charge >= 0.3 is 0 Å². The van der Waals surface area contributed by atoms with E-state index in [-0.39, 0.29) is 11.9 Å². The number of nitriles is 1. The van der Waals surface area contributed by atoms with Crippen molar-refractivity contribution in [3.05, 3.63) is 34.9 Å². The van der Waals surface area contributed by atoms with E-state index in [9.17, 15) is 10.1 Å². The van der Waals surface area contributed by atoms with Gasteiger partial charge in [-0.25, -0.2) is 0 Å². The van der Waals surface area contributed by atoms with E-state index in [2.05, 4.69) is 16.3 Å². The van der Waals surface area contributed by atoms with Crippen LogP contribution in [0.25, 0.3) is 0 Å². The zero-order valence-electron chi connectivity index (χ0n) is 12.5. The zero-order chi connectivity index (χ0) is 15.5. The molecule has 1 amide bonds. The largest absolute Gasteiger partial charge is 0.335 e. The molecule has 2 unspecified atom stereocenters. The third kappa shape index (κ3) is 3.43. The van der Waals surface area contributed by atoms with Crippen molar-refractivity contribution < 1.29 is 4.79 Å². The topological polar surface area (TPSA) is 56.1 Å². The molecule has 3 rings (SSSR count). The number of benzene rings is 1. The van der Waals surface area contributed by atoms with Gasteiger partial charge in [-0.1, -0.05) is 23.7 Å². The van der Waals surface area contributed by atoms with E-state index in [1.54, 1.807) is 24.3 Å². The summed E-state index contributed by atoms with van der Waals surface area (Å²) in [6.07, 6.45) is 4.56. The van der Waals surface area contributed by atoms with Crippen LogP contribution in [0.2, 0.25) is 5.02 Å². The molecule has 0 aromatic heterocycles. The summed E-state index contributed by atoms with van der Waals surface area (Å²) in [5.41, 5.74) is 0.774. The molecule has 2 atom stereocenters. The Morgan fingerprint density at radius 1 is 1.27 bits per heavy atom. The van der Waals surface area contributed by atoms with Gasteiger partial charge in [0.15, 0.2) is 0 Å². The zero-order valence-corrected chi connectivity index (χ0v) is 13.2. The maximum absolute atomic E-state index is 12.7. The molecular formula is C17H20ClN3O. The Balaban J connectivity index is 1.70. The van der Waals surface area contributed by atoms with E-state index in [0.717, 1.165) is 44.3 Å². The lowest BCUT2D eigenvalue weighted by atomic mass is 10.1. The Bertz CT molecular complexity index is 571. The molecular weight excluding hydrogens is 298 g/mol. The summed E-state index contributed by atoms with van der Waals surface area (Å²) in [6.45, 7) is 1.99. The summed E-state index contributed by atoms with van der Waals surface area (Å²) in [6, 6.07) is 8.56. The van der Waals surface area contributed by atoms with Gasteiger partial charge in [0.05, 0.1) is 12.1 Å². The summed E-state index contributed by atoms with van der Waals surface area (Å²) in [4.78, 5) is 15.0. The van der Waals surface area contributed by atoms with Gasteiger partial charge < -0.3 is 5.32 Å². The van der Waals surface area contributed by atoms with Crippen LogP contribution in [0.3, 0.4) is 0 Å². The molecule has 0 radical (unpaired) electrons. The molecule has 1 aromatic rings. The second-order valence-corrected chi connectivity index (χ2v) is 6.58. The molecule has 116 valence electrons. The molecule has 2 fully saturated rings. The highest BCUT2D eigenvalue weighted by molar-refractivity contribution is 6.30. The highest BCUT2D eigenvalue weighted by Gasteiger charge is 2.41. The lowest BCUT2D eigenvalue weighted by Gasteiger charge is -2.27. The van der Waals surface area contributed by atoms with Crippen LogP contribution in [0.1, 0.15) is 37.3 Å². The van der Waals surface area contributed by atoms with Gasteiger partial charge in [0.1, 0.15) is 6.04 Å². The van der Waals surface area contributed by atoms with Crippen LogP contribution in [0.15, 0.2) is 24.3 Å². The van der Waals surface area contributed by atoms with Crippen molar-refractivity contribution >= 4 is 17.5 Å². The lowest BCUT2D eigenvalue weighted by molar-refractivity contribution is -0.127. The smallest absolute Gasteiger partial charge is 0.238 e. The second-order valence-electron chi connectivity index (χ2n) is 6.15. The molecule has 2 aliphatic rings. The van der Waals surface area contributed by atoms with Crippen molar-refractivity contribution in [1.82, 2.24) is 10.2 Å². The molecule has 1 aromatic carbocycles. The van der Waals surface area contributed by atoms with Gasteiger partial charge in [0.2, 0.25) is 5.91 Å². The Morgan fingerprint density at radius 2 is 1.91 bits per heavy atom. The van der Waals surface area contributed by atoms with E-state index in [1.807, 2.05) is 0 Å². The minimum atomic E-state index is -0.617. The van der Waals surface area contributed by atoms with Gasteiger partial charge in [-0.3, -0.25) is 9.69 Å². The van der Waals surface area contributed by atoms with Gasteiger partial charge in [-0.2, -0.15) is 5.26 Å². The number of carbonyl (C=O) groups excluding carboxylic acids is 1. The third-order valence-electron chi connectivity index (χ3n) is 4.49. The van der Waals surface area contributed by atoms with E-state index < -0.39 is 6.04 Å². The molecule has 5 heteroatoms. The minimum Gasteiger partial charge on any atom is -0.335 e. The molecule has 1 aliphatic heterocycles. The Labute approximate surface area is 136 Å². The normalized spacial score (nSPS) is 21.1. The van der Waals surface area contributed by atoms with Crippen molar-refractivity contribution in [2.75, 3.05) is 13.1 Å². The summed E-state index contributed by atoms with van der Waals surface area (Å²) in [5.74, 6) is 0.452. The van der Waals surface area contributed by atoms with E-state index in [4.69, 9.17) is 11.6 Å². The lowest BCUT2D eigenvalue weighted by Crippen LogP contribution is -2.47. The number of hydrogen-bond donors (Lipinski definition) is 1. The van der Waals surface area contributed by atoms with Crippen LogP contribution in [0, 0.1) is 17.2 Å². The fourth-order valence-corrected chi connectivity index (χ4v) is 3.31. The maximum atomic E-state index is 12.7. The third-order valence-corrected chi connectivity index (χ3v) is 4.74. The van der Waals surface area contributed by atoms with Crippen molar-refractivity contribution in [3.8, 4) is 6.07 Å². The van der Waals surface area contributed by atoms with E-state index >= 15 is 0 Å². The van der Waals surface area contributed by atoms with Gasteiger partial charge in [-0.15, -0.1) is 0 Å². The Kier molecular flexibility index (Phi) is 4.66. The fourth-order valence-electron chi connectivity index (χ4n) is 3.18. The summed E-state index contributed by atoms with van der Waals surface area (Å²) in [7, 11) is 0. The number of nitrogens with one attached hydrogen (secondary N) is 1. The van der Waals surface area contributed by atoms with Gasteiger partial charge in [-0.05, 0) is 62.4 Å². The van der Waals surface area contributed by atoms with Crippen molar-refractivity contribution in [3.63, 3.8) is 0 Å². The molecule has 1 saturated carbocycles. The minimum absolute atomic E-state index is 0.00843. The van der Waals surface area contributed by atoms with Crippen molar-refractivity contribution in [2.45, 2.75) is 37.8 Å². The Hall–Kier alpha value is -1.57. The number of likely N-dealkylation sites (tertiary alicyclic amines) is 1. The quantitative estimate of drug-likeness (QED) is 0.908. The van der Waals surface area contributed by atoms with Crippen LogP contribution < -0.4 is 5.32 Å². The monoisotopic (exact) mass is 317 g/mol. The van der Waals surface area contributed by atoms with E-state index in [0.29, 0.717) is 10.9 Å². The fraction of sp³-hybridized carbons (Fsp3) is 0.529. The molecule has 22 heavy (non-hydrogen) atoms. The first-order valence-electron chi connectivity index (χ1n) is 7.88. The molecule has 0 bridgehead atoms. The van der Waals surface area contributed by atoms with Crippen LogP contribution in [0.5, 0.6) is 0 Å². The van der Waals surface area contributed by atoms with Crippen molar-refractivity contribution in [2.24, 2.45) is 5.92 Å². The number of carbonyl (C=O) groups is 1. The van der Waals surface area contributed by atoms with E-state index in [1.165, 1.54) is 0 Å². The number of rotatable bonds is 5. The van der Waals surface area contributed by atoms with Crippen LogP contribution in [0.4, 0.5) is 0 Å². The summed E-state index contributed by atoms with van der Waals surface area (Å²) >= 11 is 5.87. The molecule has 1 heterocycles. The number of amides is 1. The summed E-state index contributed by atoms with van der Waals surface area (Å²) < 4.78 is 0. The molecule has 4 nitrogen and oxygen atoms in total.